The summed E-state index contributed by atoms with van der Waals surface area (Å²) in [6, 6.07) is 7.47. The van der Waals surface area contributed by atoms with E-state index in [-0.39, 0.29) is 0 Å². The van der Waals surface area contributed by atoms with Crippen LogP contribution in [0.5, 0.6) is 5.75 Å². The van der Waals surface area contributed by atoms with Gasteiger partial charge in [-0.1, -0.05) is 83.1 Å². The average molecular weight is 393 g/mol. The summed E-state index contributed by atoms with van der Waals surface area (Å²) in [6.45, 7) is 6.27. The Morgan fingerprint density at radius 2 is 1.59 bits per heavy atom. The van der Waals surface area contributed by atoms with E-state index in [2.05, 4.69) is 18.8 Å². The van der Waals surface area contributed by atoms with E-state index >= 15 is 0 Å². The molecule has 0 spiro atoms. The highest BCUT2D eigenvalue weighted by molar-refractivity contribution is 7.54. The molecule has 0 radical (unpaired) electrons. The third-order valence-electron chi connectivity index (χ3n) is 4.43. The molecule has 0 aliphatic heterocycles. The summed E-state index contributed by atoms with van der Waals surface area (Å²) in [4.78, 5) is 0. The maximum Gasteiger partial charge on any atom is 0.378 e. The van der Waals surface area contributed by atoms with Gasteiger partial charge in [-0.25, -0.2) is 4.57 Å². The molecule has 1 rings (SSSR count). The topological polar surface area (TPSA) is 35.5 Å². The summed E-state index contributed by atoms with van der Waals surface area (Å²) in [7, 11) is -3.05. The van der Waals surface area contributed by atoms with Crippen molar-refractivity contribution >= 4 is 7.60 Å². The smallest absolute Gasteiger partial charge is 0.378 e. The van der Waals surface area contributed by atoms with Gasteiger partial charge in [0.1, 0.15) is 5.75 Å². The second-order valence-corrected chi connectivity index (χ2v) is 9.14. The van der Waals surface area contributed by atoms with E-state index in [4.69, 9.17) is 9.05 Å². The van der Waals surface area contributed by atoms with Crippen molar-refractivity contribution in [1.29, 1.82) is 0 Å². The highest BCUT2D eigenvalue weighted by atomic mass is 31.2. The fraction of sp³-hybridized carbons (Fsp3) is 0.652. The second kappa shape index (κ2) is 14.8. The summed E-state index contributed by atoms with van der Waals surface area (Å²) >= 11 is 0. The normalized spacial score (nSPS) is 12.9. The van der Waals surface area contributed by atoms with Gasteiger partial charge >= 0.3 is 7.60 Å². The number of benzene rings is 1. The lowest BCUT2D eigenvalue weighted by Crippen LogP contribution is -2.00. The molecule has 152 valence electrons. The van der Waals surface area contributed by atoms with E-state index in [1.807, 2.05) is 32.0 Å². The molecule has 1 aromatic carbocycles. The highest BCUT2D eigenvalue weighted by Crippen LogP contribution is 2.47. The third-order valence-corrected chi connectivity index (χ3v) is 6.34. The molecule has 1 atom stereocenters. The number of rotatable bonds is 14. The molecule has 0 saturated heterocycles. The number of unbranched alkanes of at least 4 members (excludes halogenated alkanes) is 9. The van der Waals surface area contributed by atoms with E-state index in [0.29, 0.717) is 18.5 Å². The molecule has 1 unspecified atom stereocenters. The van der Waals surface area contributed by atoms with E-state index in [1.54, 1.807) is 6.07 Å². The molecular weight excluding hydrogens is 355 g/mol. The number of hydrogen-bond acceptors (Lipinski definition) is 3. The van der Waals surface area contributed by atoms with E-state index < -0.39 is 7.60 Å². The fourth-order valence-electron chi connectivity index (χ4n) is 2.86. The first kappa shape index (κ1) is 23.8. The van der Waals surface area contributed by atoms with Gasteiger partial charge in [0.25, 0.3) is 0 Å². The lowest BCUT2D eigenvalue weighted by molar-refractivity contribution is 0.280. The molecule has 0 N–H and O–H groups in total. The Labute approximate surface area is 166 Å². The summed E-state index contributed by atoms with van der Waals surface area (Å²) in [5.74, 6) is 6.99. The van der Waals surface area contributed by atoms with Crippen LogP contribution in [0.15, 0.2) is 24.3 Å². The van der Waals surface area contributed by atoms with Gasteiger partial charge in [-0.15, -0.1) is 0 Å². The van der Waals surface area contributed by atoms with Crippen molar-refractivity contribution < 1.29 is 13.6 Å². The first-order chi connectivity index (χ1) is 13.1. The fourth-order valence-corrected chi connectivity index (χ4v) is 4.05. The molecule has 0 heterocycles. The van der Waals surface area contributed by atoms with Crippen LogP contribution in [0.25, 0.3) is 0 Å². The lowest BCUT2D eigenvalue weighted by atomic mass is 10.1. The van der Waals surface area contributed by atoms with Gasteiger partial charge in [-0.05, 0) is 31.5 Å². The Balaban J connectivity index is 2.30. The van der Waals surface area contributed by atoms with Crippen molar-refractivity contribution in [3.63, 3.8) is 0 Å². The molecule has 0 saturated carbocycles. The van der Waals surface area contributed by atoms with Gasteiger partial charge in [0, 0.05) is 12.0 Å². The van der Waals surface area contributed by atoms with Crippen LogP contribution in [0.4, 0.5) is 0 Å². The number of hydrogen-bond donors (Lipinski definition) is 0. The molecule has 1 aromatic rings. The Kier molecular flexibility index (Phi) is 13.0. The van der Waals surface area contributed by atoms with Crippen LogP contribution in [0, 0.1) is 11.8 Å². The molecule has 27 heavy (non-hydrogen) atoms. The maximum absolute atomic E-state index is 12.4. The molecule has 0 amide bonds. The van der Waals surface area contributed by atoms with Crippen LogP contribution >= 0.6 is 7.60 Å². The van der Waals surface area contributed by atoms with Crippen molar-refractivity contribution in [2.45, 2.75) is 85.0 Å². The second-order valence-electron chi connectivity index (χ2n) is 6.84. The van der Waals surface area contributed by atoms with Crippen LogP contribution in [0.2, 0.25) is 0 Å². The largest absolute Gasteiger partial charge is 0.424 e. The SMILES string of the molecule is CCCCCCCCCCCC#Cc1cccc(OP(=O)(CC)OCC)c1. The van der Waals surface area contributed by atoms with Crippen molar-refractivity contribution in [2.24, 2.45) is 0 Å². The zero-order chi connectivity index (χ0) is 19.8. The standard InChI is InChI=1S/C23H37O3P/c1-4-7-8-9-10-11-12-13-14-15-16-18-22-19-17-20-23(21-22)26-27(24,6-3)25-5-2/h17,19-21H,4-15H2,1-3H3. The van der Waals surface area contributed by atoms with Gasteiger partial charge in [0.2, 0.25) is 0 Å². The Morgan fingerprint density at radius 3 is 2.22 bits per heavy atom. The van der Waals surface area contributed by atoms with Gasteiger partial charge in [0.15, 0.2) is 0 Å². The van der Waals surface area contributed by atoms with Gasteiger partial charge in [-0.3, -0.25) is 0 Å². The van der Waals surface area contributed by atoms with E-state index in [9.17, 15) is 4.57 Å². The van der Waals surface area contributed by atoms with Crippen LogP contribution in [-0.2, 0) is 9.09 Å². The van der Waals surface area contributed by atoms with Crippen LogP contribution < -0.4 is 4.52 Å². The minimum Gasteiger partial charge on any atom is -0.424 e. The van der Waals surface area contributed by atoms with Crippen molar-refractivity contribution in [1.82, 2.24) is 0 Å². The van der Waals surface area contributed by atoms with E-state index in [1.165, 1.54) is 51.4 Å². The van der Waals surface area contributed by atoms with Crippen LogP contribution in [0.3, 0.4) is 0 Å². The molecule has 0 aliphatic rings. The van der Waals surface area contributed by atoms with E-state index in [0.717, 1.165) is 18.4 Å². The Bertz CT molecular complexity index is 616. The molecule has 0 aromatic heterocycles. The lowest BCUT2D eigenvalue weighted by Gasteiger charge is -2.17. The van der Waals surface area contributed by atoms with Crippen molar-refractivity contribution in [2.75, 3.05) is 12.8 Å². The molecule has 0 fully saturated rings. The van der Waals surface area contributed by atoms with Gasteiger partial charge in [-0.2, -0.15) is 0 Å². The zero-order valence-electron chi connectivity index (χ0n) is 17.5. The summed E-state index contributed by atoms with van der Waals surface area (Å²) in [6.07, 6.45) is 13.2. The van der Waals surface area contributed by atoms with Gasteiger partial charge in [0.05, 0.1) is 12.8 Å². The molecule has 3 nitrogen and oxygen atoms in total. The summed E-state index contributed by atoms with van der Waals surface area (Å²) in [5.41, 5.74) is 0.891. The summed E-state index contributed by atoms with van der Waals surface area (Å²) in [5, 5.41) is 0. The minimum absolute atomic E-state index is 0.356. The quantitative estimate of drug-likeness (QED) is 0.186. The van der Waals surface area contributed by atoms with Crippen LogP contribution in [0.1, 0.15) is 90.5 Å². The Hall–Kier alpha value is -1.23. The monoisotopic (exact) mass is 392 g/mol. The zero-order valence-corrected chi connectivity index (χ0v) is 18.4. The predicted octanol–water partition coefficient (Wildman–Crippen LogP) is 7.59. The minimum atomic E-state index is -3.05. The molecular formula is C23H37O3P. The molecule has 0 bridgehead atoms. The van der Waals surface area contributed by atoms with Crippen molar-refractivity contribution in [3.8, 4) is 17.6 Å². The average Bonchev–Trinajstić information content (AvgIpc) is 2.66. The molecule has 4 heteroatoms. The van der Waals surface area contributed by atoms with Gasteiger partial charge < -0.3 is 9.05 Å². The first-order valence-corrected chi connectivity index (χ1v) is 12.4. The predicted molar refractivity (Wildman–Crippen MR) is 116 cm³/mol. The third kappa shape index (κ3) is 11.3. The van der Waals surface area contributed by atoms with Crippen molar-refractivity contribution in [3.05, 3.63) is 29.8 Å². The van der Waals surface area contributed by atoms with Crippen LogP contribution in [-0.4, -0.2) is 12.8 Å². The highest BCUT2D eigenvalue weighted by Gasteiger charge is 2.22. The Morgan fingerprint density at radius 1 is 0.926 bits per heavy atom. The first-order valence-electron chi connectivity index (χ1n) is 10.7. The maximum atomic E-state index is 12.4. The summed E-state index contributed by atoms with van der Waals surface area (Å²) < 4.78 is 23.3. The molecule has 0 aliphatic carbocycles.